The average molecular weight is 200 g/mol. The summed E-state index contributed by atoms with van der Waals surface area (Å²) in [6.45, 7) is 2.93. The first-order chi connectivity index (χ1) is 6.38. The molecule has 1 rings (SSSR count). The number of aryl methyl sites for hydroxylation is 1. The highest BCUT2D eigenvalue weighted by atomic mass is 35.5. The van der Waals surface area contributed by atoms with E-state index >= 15 is 0 Å². The van der Waals surface area contributed by atoms with Crippen LogP contribution in [0.25, 0.3) is 0 Å². The Morgan fingerprint density at radius 2 is 2.38 bits per heavy atom. The number of nitrogens with zero attached hydrogens (tertiary/aromatic N) is 3. The second-order valence-corrected chi connectivity index (χ2v) is 3.02. The average Bonchev–Trinajstić information content (AvgIpc) is 2.60. The highest BCUT2D eigenvalue weighted by molar-refractivity contribution is 6.17. The Hall–Kier alpha value is -0.830. The third-order valence-corrected chi connectivity index (χ3v) is 1.96. The molecule has 0 atom stereocenters. The van der Waals surface area contributed by atoms with Crippen LogP contribution in [0, 0.1) is 0 Å². The van der Waals surface area contributed by atoms with E-state index in [1.165, 1.54) is 0 Å². The Kier molecular flexibility index (Phi) is 4.54. The SMILES string of the molecule is CCn1ncnc1CC=CCCCl. The van der Waals surface area contributed by atoms with Crippen LogP contribution in [-0.2, 0) is 13.0 Å². The summed E-state index contributed by atoms with van der Waals surface area (Å²) in [5.74, 6) is 1.69. The minimum atomic E-state index is 0.678. The number of rotatable bonds is 5. The first kappa shape index (κ1) is 10.3. The number of alkyl halides is 1. The lowest BCUT2D eigenvalue weighted by molar-refractivity contribution is 0.626. The zero-order valence-corrected chi connectivity index (χ0v) is 8.54. The van der Waals surface area contributed by atoms with E-state index in [2.05, 4.69) is 29.2 Å². The number of aromatic nitrogens is 3. The molecule has 0 saturated heterocycles. The smallest absolute Gasteiger partial charge is 0.138 e. The van der Waals surface area contributed by atoms with Crippen LogP contribution in [0.1, 0.15) is 19.2 Å². The van der Waals surface area contributed by atoms with Crippen molar-refractivity contribution in [2.45, 2.75) is 26.3 Å². The topological polar surface area (TPSA) is 30.7 Å². The molecule has 1 aromatic heterocycles. The van der Waals surface area contributed by atoms with Gasteiger partial charge in [0.05, 0.1) is 0 Å². The Labute approximate surface area is 83.4 Å². The van der Waals surface area contributed by atoms with Crippen LogP contribution < -0.4 is 0 Å². The van der Waals surface area contributed by atoms with Gasteiger partial charge in [-0.05, 0) is 13.3 Å². The number of hydrogen-bond donors (Lipinski definition) is 0. The quantitative estimate of drug-likeness (QED) is 0.537. The van der Waals surface area contributed by atoms with Gasteiger partial charge in [0, 0.05) is 18.8 Å². The third-order valence-electron chi connectivity index (χ3n) is 1.74. The maximum atomic E-state index is 5.54. The van der Waals surface area contributed by atoms with Crippen molar-refractivity contribution in [2.24, 2.45) is 0 Å². The van der Waals surface area contributed by atoms with Gasteiger partial charge in [0.1, 0.15) is 12.2 Å². The molecule has 0 N–H and O–H groups in total. The van der Waals surface area contributed by atoms with E-state index in [0.29, 0.717) is 5.88 Å². The van der Waals surface area contributed by atoms with Gasteiger partial charge in [-0.1, -0.05) is 12.2 Å². The van der Waals surface area contributed by atoms with Crippen molar-refractivity contribution in [3.8, 4) is 0 Å². The summed E-state index contributed by atoms with van der Waals surface area (Å²) in [6.07, 6.45) is 7.50. The van der Waals surface area contributed by atoms with Crippen LogP contribution in [0.3, 0.4) is 0 Å². The fourth-order valence-electron chi connectivity index (χ4n) is 1.08. The van der Waals surface area contributed by atoms with Crippen molar-refractivity contribution in [2.75, 3.05) is 5.88 Å². The van der Waals surface area contributed by atoms with E-state index in [0.717, 1.165) is 25.2 Å². The monoisotopic (exact) mass is 199 g/mol. The van der Waals surface area contributed by atoms with Gasteiger partial charge in [-0.2, -0.15) is 5.10 Å². The molecule has 0 aliphatic carbocycles. The first-order valence-corrected chi connectivity index (χ1v) is 4.99. The van der Waals surface area contributed by atoms with Crippen LogP contribution in [0.5, 0.6) is 0 Å². The van der Waals surface area contributed by atoms with Crippen LogP contribution in [0.2, 0.25) is 0 Å². The fourth-order valence-corrected chi connectivity index (χ4v) is 1.21. The molecule has 4 heteroatoms. The van der Waals surface area contributed by atoms with Gasteiger partial charge in [0.2, 0.25) is 0 Å². The van der Waals surface area contributed by atoms with Gasteiger partial charge in [-0.3, -0.25) is 4.68 Å². The van der Waals surface area contributed by atoms with Crippen LogP contribution >= 0.6 is 11.6 Å². The maximum Gasteiger partial charge on any atom is 0.138 e. The van der Waals surface area contributed by atoms with Gasteiger partial charge < -0.3 is 0 Å². The minimum absolute atomic E-state index is 0.678. The van der Waals surface area contributed by atoms with Gasteiger partial charge in [-0.25, -0.2) is 4.98 Å². The molecule has 72 valence electrons. The molecule has 0 bridgehead atoms. The Balaban J connectivity index is 2.44. The molecule has 13 heavy (non-hydrogen) atoms. The summed E-state index contributed by atoms with van der Waals surface area (Å²) in [5.41, 5.74) is 0. The lowest BCUT2D eigenvalue weighted by Gasteiger charge is -1.98. The van der Waals surface area contributed by atoms with Gasteiger partial charge in [0.25, 0.3) is 0 Å². The van der Waals surface area contributed by atoms with Crippen molar-refractivity contribution in [1.29, 1.82) is 0 Å². The largest absolute Gasteiger partial charge is 0.250 e. The van der Waals surface area contributed by atoms with E-state index in [-0.39, 0.29) is 0 Å². The molecule has 0 amide bonds. The summed E-state index contributed by atoms with van der Waals surface area (Å²) in [7, 11) is 0. The van der Waals surface area contributed by atoms with Crippen molar-refractivity contribution in [3.05, 3.63) is 24.3 Å². The number of halogens is 1. The number of allylic oxidation sites excluding steroid dienone is 2. The lowest BCUT2D eigenvalue weighted by atomic mass is 10.3. The Morgan fingerprint density at radius 1 is 1.54 bits per heavy atom. The third kappa shape index (κ3) is 3.19. The molecule has 0 spiro atoms. The predicted octanol–water partition coefficient (Wildman–Crippen LogP) is 2.03. The maximum absolute atomic E-state index is 5.54. The molecule has 1 aromatic rings. The molecule has 0 fully saturated rings. The molecule has 0 radical (unpaired) electrons. The van der Waals surface area contributed by atoms with Crippen molar-refractivity contribution >= 4 is 11.6 Å². The first-order valence-electron chi connectivity index (χ1n) is 4.46. The zero-order valence-electron chi connectivity index (χ0n) is 7.78. The molecule has 1 heterocycles. The molecular formula is C9H14ClN3. The van der Waals surface area contributed by atoms with E-state index in [9.17, 15) is 0 Å². The van der Waals surface area contributed by atoms with Crippen LogP contribution in [-0.4, -0.2) is 20.6 Å². The lowest BCUT2D eigenvalue weighted by Crippen LogP contribution is -2.02. The standard InChI is InChI=1S/C9H14ClN3/c1-2-13-9(11-8-12-13)6-4-3-5-7-10/h3-4,8H,2,5-7H2,1H3. The molecule has 0 aliphatic heterocycles. The van der Waals surface area contributed by atoms with E-state index in [4.69, 9.17) is 11.6 Å². The summed E-state index contributed by atoms with van der Waals surface area (Å²) in [5, 5.41) is 4.08. The summed E-state index contributed by atoms with van der Waals surface area (Å²) in [4.78, 5) is 4.15. The zero-order chi connectivity index (χ0) is 9.52. The van der Waals surface area contributed by atoms with Crippen LogP contribution in [0.4, 0.5) is 0 Å². The van der Waals surface area contributed by atoms with E-state index in [1.54, 1.807) is 6.33 Å². The van der Waals surface area contributed by atoms with E-state index < -0.39 is 0 Å². The minimum Gasteiger partial charge on any atom is -0.250 e. The second kappa shape index (κ2) is 5.75. The van der Waals surface area contributed by atoms with Gasteiger partial charge in [-0.15, -0.1) is 11.6 Å². The number of hydrogen-bond acceptors (Lipinski definition) is 2. The molecule has 0 aromatic carbocycles. The Bertz CT molecular complexity index is 268. The van der Waals surface area contributed by atoms with Crippen molar-refractivity contribution in [1.82, 2.24) is 14.8 Å². The summed E-state index contributed by atoms with van der Waals surface area (Å²) < 4.78 is 1.89. The second-order valence-electron chi connectivity index (χ2n) is 2.65. The molecule has 0 saturated carbocycles. The highest BCUT2D eigenvalue weighted by Gasteiger charge is 1.98. The van der Waals surface area contributed by atoms with E-state index in [1.807, 2.05) is 4.68 Å². The Morgan fingerprint density at radius 3 is 3.08 bits per heavy atom. The molecular weight excluding hydrogens is 186 g/mol. The van der Waals surface area contributed by atoms with Gasteiger partial charge in [0.15, 0.2) is 0 Å². The normalized spacial score (nSPS) is 11.2. The van der Waals surface area contributed by atoms with Gasteiger partial charge >= 0.3 is 0 Å². The highest BCUT2D eigenvalue weighted by Crippen LogP contribution is 1.97. The summed E-state index contributed by atoms with van der Waals surface area (Å²) >= 11 is 5.54. The fraction of sp³-hybridized carbons (Fsp3) is 0.556. The van der Waals surface area contributed by atoms with Crippen molar-refractivity contribution in [3.63, 3.8) is 0 Å². The van der Waals surface area contributed by atoms with Crippen LogP contribution in [0.15, 0.2) is 18.5 Å². The predicted molar refractivity (Wildman–Crippen MR) is 53.9 cm³/mol. The molecule has 3 nitrogen and oxygen atoms in total. The van der Waals surface area contributed by atoms with Crippen molar-refractivity contribution < 1.29 is 0 Å². The molecule has 0 unspecified atom stereocenters. The molecule has 0 aliphatic rings. The summed E-state index contributed by atoms with van der Waals surface area (Å²) in [6, 6.07) is 0.